The van der Waals surface area contributed by atoms with E-state index in [0.29, 0.717) is 39.0 Å². The first-order valence-corrected chi connectivity index (χ1v) is 11.6. The van der Waals surface area contributed by atoms with Gasteiger partial charge in [-0.1, -0.05) is 13.3 Å². The molecule has 1 aliphatic carbocycles. The highest BCUT2D eigenvalue weighted by molar-refractivity contribution is 5.93. The molecule has 4 amide bonds. The van der Waals surface area contributed by atoms with Gasteiger partial charge in [0.1, 0.15) is 12.6 Å². The first-order valence-electron chi connectivity index (χ1n) is 11.6. The van der Waals surface area contributed by atoms with Crippen LogP contribution in [-0.2, 0) is 14.4 Å². The van der Waals surface area contributed by atoms with Gasteiger partial charge in [-0.2, -0.15) is 0 Å². The average Bonchev–Trinajstić information content (AvgIpc) is 3.60. The number of nitrogens with one attached hydrogen (secondary N) is 4. The third-order valence-electron chi connectivity index (χ3n) is 5.83. The molecule has 13 heteroatoms. The number of rotatable bonds is 12. The Morgan fingerprint density at radius 2 is 1.91 bits per heavy atom. The molecule has 2 aliphatic rings. The van der Waals surface area contributed by atoms with E-state index in [1.807, 2.05) is 6.92 Å². The zero-order valence-corrected chi connectivity index (χ0v) is 20.5. The number of carboxylic acids is 1. The van der Waals surface area contributed by atoms with E-state index in [1.54, 1.807) is 4.90 Å². The zero-order chi connectivity index (χ0) is 24.4. The molecule has 0 aromatic carbocycles. The van der Waals surface area contributed by atoms with Crippen molar-refractivity contribution in [2.24, 2.45) is 11.7 Å². The predicted octanol–water partition coefficient (Wildman–Crippen LogP) is 0.0635. The van der Waals surface area contributed by atoms with Crippen LogP contribution in [-0.4, -0.2) is 89.5 Å². The van der Waals surface area contributed by atoms with Gasteiger partial charge in [-0.25, -0.2) is 4.79 Å². The second-order valence-electron chi connectivity index (χ2n) is 8.75. The highest BCUT2D eigenvalue weighted by Gasteiger charge is 2.38. The van der Waals surface area contributed by atoms with Gasteiger partial charge in [0.05, 0.1) is 6.42 Å². The van der Waals surface area contributed by atoms with Crippen molar-refractivity contribution in [1.82, 2.24) is 25.8 Å². The molecule has 0 unspecified atom stereocenters. The maximum atomic E-state index is 13.1. The summed E-state index contributed by atoms with van der Waals surface area (Å²) in [5.41, 5.74) is 5.56. The highest BCUT2D eigenvalue weighted by Crippen LogP contribution is 2.27. The molecular weight excluding hydrogens is 466 g/mol. The van der Waals surface area contributed by atoms with Crippen molar-refractivity contribution in [3.63, 3.8) is 0 Å². The lowest BCUT2D eigenvalue weighted by atomic mass is 9.98. The Balaban J connectivity index is 0.00000578. The molecule has 0 aromatic rings. The van der Waals surface area contributed by atoms with E-state index >= 15 is 0 Å². The number of piperidine rings is 1. The second kappa shape index (κ2) is 14.5. The molecule has 34 heavy (non-hydrogen) atoms. The molecule has 1 aliphatic heterocycles. The van der Waals surface area contributed by atoms with Crippen LogP contribution in [0.3, 0.4) is 0 Å². The van der Waals surface area contributed by atoms with Crippen LogP contribution in [0.5, 0.6) is 0 Å². The van der Waals surface area contributed by atoms with Crippen LogP contribution < -0.4 is 21.7 Å². The van der Waals surface area contributed by atoms with Gasteiger partial charge >= 0.3 is 12.0 Å². The van der Waals surface area contributed by atoms with E-state index in [9.17, 15) is 24.3 Å². The van der Waals surface area contributed by atoms with Crippen molar-refractivity contribution in [3.05, 3.63) is 0 Å². The summed E-state index contributed by atoms with van der Waals surface area (Å²) < 4.78 is 0. The molecule has 1 saturated heterocycles. The number of carbonyl (C=O) groups is 4. The van der Waals surface area contributed by atoms with Crippen LogP contribution in [0, 0.1) is 11.3 Å². The van der Waals surface area contributed by atoms with Crippen LogP contribution >= 0.6 is 12.4 Å². The predicted molar refractivity (Wildman–Crippen MR) is 129 cm³/mol. The summed E-state index contributed by atoms with van der Waals surface area (Å²) in [6.45, 7) is 3.61. The number of carboxylic acid groups (broad SMARTS) is 1. The van der Waals surface area contributed by atoms with Crippen molar-refractivity contribution in [2.75, 3.05) is 32.7 Å². The average molecular weight is 504 g/mol. The van der Waals surface area contributed by atoms with E-state index in [0.717, 1.165) is 25.7 Å². The SMILES string of the molecule is CCCCNC(=O)N[C@@H](CC(=O)NC[C@@H]1CCCN(C(=N)N)C1)C(=O)N(CC(=O)O)C1CC1.Cl. The smallest absolute Gasteiger partial charge is 0.323 e. The van der Waals surface area contributed by atoms with Crippen molar-refractivity contribution in [1.29, 1.82) is 5.41 Å². The summed E-state index contributed by atoms with van der Waals surface area (Å²) in [7, 11) is 0. The number of amides is 4. The third kappa shape index (κ3) is 10.0. The number of nitrogens with zero attached hydrogens (tertiary/aromatic N) is 2. The Morgan fingerprint density at radius 3 is 2.50 bits per heavy atom. The lowest BCUT2D eigenvalue weighted by Crippen LogP contribution is -2.54. The van der Waals surface area contributed by atoms with Crippen molar-refractivity contribution < 1.29 is 24.3 Å². The minimum absolute atomic E-state index is 0. The van der Waals surface area contributed by atoms with Crippen LogP contribution in [0.2, 0.25) is 0 Å². The quantitative estimate of drug-likeness (QED) is 0.124. The monoisotopic (exact) mass is 503 g/mol. The van der Waals surface area contributed by atoms with Gasteiger partial charge in [-0.05, 0) is 38.0 Å². The molecule has 7 N–H and O–H groups in total. The lowest BCUT2D eigenvalue weighted by molar-refractivity contribution is -0.146. The summed E-state index contributed by atoms with van der Waals surface area (Å²) in [5.74, 6) is -1.98. The van der Waals surface area contributed by atoms with E-state index in [4.69, 9.17) is 11.1 Å². The Morgan fingerprint density at radius 1 is 1.21 bits per heavy atom. The highest BCUT2D eigenvalue weighted by atomic mass is 35.5. The summed E-state index contributed by atoms with van der Waals surface area (Å²) in [5, 5.41) is 24.8. The fourth-order valence-corrected chi connectivity index (χ4v) is 3.87. The number of guanidine groups is 1. The van der Waals surface area contributed by atoms with Gasteiger partial charge in [-0.3, -0.25) is 19.8 Å². The molecule has 1 heterocycles. The Hall–Kier alpha value is -2.76. The molecule has 2 atom stereocenters. The van der Waals surface area contributed by atoms with Crippen LogP contribution in [0.15, 0.2) is 0 Å². The first kappa shape index (κ1) is 29.3. The standard InChI is InChI=1S/C21H37N7O5.ClH/c1-2-3-8-24-21(33)26-16(19(32)28(13-18(30)31)15-6-7-15)10-17(29)25-11-14-5-4-9-27(12-14)20(22)23;/h14-16H,2-13H2,1H3,(H3,22,23)(H,25,29)(H,30,31)(H2,24,26,33);1H/t14-,16-;/m0./s1. The van der Waals surface area contributed by atoms with E-state index < -0.39 is 36.4 Å². The van der Waals surface area contributed by atoms with Gasteiger partial charge in [-0.15, -0.1) is 12.4 Å². The van der Waals surface area contributed by atoms with Crippen LogP contribution in [0.4, 0.5) is 4.79 Å². The number of hydrogen-bond donors (Lipinski definition) is 6. The fourth-order valence-electron chi connectivity index (χ4n) is 3.87. The second-order valence-corrected chi connectivity index (χ2v) is 8.75. The normalized spacial score (nSPS) is 18.1. The maximum absolute atomic E-state index is 13.1. The molecule has 0 radical (unpaired) electrons. The molecule has 1 saturated carbocycles. The Labute approximate surface area is 206 Å². The largest absolute Gasteiger partial charge is 0.480 e. The van der Waals surface area contributed by atoms with Gasteiger partial charge < -0.3 is 36.6 Å². The number of likely N-dealkylation sites (tertiary alicyclic amines) is 1. The van der Waals surface area contributed by atoms with Gasteiger partial charge in [0.2, 0.25) is 11.8 Å². The number of nitrogens with two attached hydrogens (primary N) is 1. The zero-order valence-electron chi connectivity index (χ0n) is 19.7. The van der Waals surface area contributed by atoms with Gasteiger partial charge in [0.25, 0.3) is 0 Å². The van der Waals surface area contributed by atoms with E-state index in [1.165, 1.54) is 4.90 Å². The van der Waals surface area contributed by atoms with E-state index in [2.05, 4.69) is 16.0 Å². The fraction of sp³-hybridized carbons (Fsp3) is 0.762. The molecule has 194 valence electrons. The van der Waals surface area contributed by atoms with Crippen LogP contribution in [0.1, 0.15) is 51.9 Å². The molecule has 0 bridgehead atoms. The molecule has 2 rings (SSSR count). The molecule has 0 aromatic heterocycles. The molecule has 2 fully saturated rings. The minimum Gasteiger partial charge on any atom is -0.480 e. The maximum Gasteiger partial charge on any atom is 0.323 e. The number of halogens is 1. The van der Waals surface area contributed by atoms with Gasteiger partial charge in [0, 0.05) is 32.2 Å². The number of aliphatic carboxylic acids is 1. The minimum atomic E-state index is -1.16. The van der Waals surface area contributed by atoms with E-state index in [-0.39, 0.29) is 36.7 Å². The summed E-state index contributed by atoms with van der Waals surface area (Å²) in [4.78, 5) is 52.2. The Kier molecular flexibility index (Phi) is 12.5. The lowest BCUT2D eigenvalue weighted by Gasteiger charge is -2.33. The summed E-state index contributed by atoms with van der Waals surface area (Å²) in [6.07, 6.45) is 4.54. The number of unbranched alkanes of at least 4 members (excludes halogenated alkanes) is 1. The molecule has 12 nitrogen and oxygen atoms in total. The van der Waals surface area contributed by atoms with Crippen molar-refractivity contribution >= 4 is 42.2 Å². The Bertz CT molecular complexity index is 734. The van der Waals surface area contributed by atoms with Crippen molar-refractivity contribution in [2.45, 2.75) is 64.0 Å². The number of urea groups is 1. The number of hydrogen-bond acceptors (Lipinski definition) is 5. The van der Waals surface area contributed by atoms with Crippen molar-refractivity contribution in [3.8, 4) is 0 Å². The number of carbonyl (C=O) groups excluding carboxylic acids is 3. The topological polar surface area (TPSA) is 181 Å². The van der Waals surface area contributed by atoms with Crippen LogP contribution in [0.25, 0.3) is 0 Å². The molecule has 0 spiro atoms. The van der Waals surface area contributed by atoms with Gasteiger partial charge in [0.15, 0.2) is 5.96 Å². The third-order valence-corrected chi connectivity index (χ3v) is 5.83. The first-order chi connectivity index (χ1) is 15.7. The molecular formula is C21H38ClN7O5. The summed E-state index contributed by atoms with van der Waals surface area (Å²) in [6, 6.07) is -1.90. The summed E-state index contributed by atoms with van der Waals surface area (Å²) >= 11 is 0.